The van der Waals surface area contributed by atoms with E-state index in [2.05, 4.69) is 0 Å². The summed E-state index contributed by atoms with van der Waals surface area (Å²) in [5.74, 6) is 0. The Labute approximate surface area is 123 Å². The molecule has 2 aromatic rings. The Morgan fingerprint density at radius 2 is 1.52 bits per heavy atom. The van der Waals surface area contributed by atoms with Crippen LogP contribution in [0.2, 0.25) is 0 Å². The normalized spacial score (nSPS) is 17.4. The van der Waals surface area contributed by atoms with Crippen LogP contribution >= 0.6 is 0 Å². The van der Waals surface area contributed by atoms with E-state index in [1.165, 1.54) is 4.90 Å². The van der Waals surface area contributed by atoms with Gasteiger partial charge in [-0.3, -0.25) is 4.90 Å². The van der Waals surface area contributed by atoms with Gasteiger partial charge in [-0.05, 0) is 11.1 Å². The molecular formula is C17H17NO3. The average Bonchev–Trinajstić information content (AvgIpc) is 2.56. The molecule has 0 radical (unpaired) electrons. The Morgan fingerprint density at radius 1 is 1.00 bits per heavy atom. The molecule has 108 valence electrons. The molecule has 0 atom stereocenters. The average molecular weight is 283 g/mol. The maximum absolute atomic E-state index is 11.8. The van der Waals surface area contributed by atoms with Crippen LogP contribution in [-0.2, 0) is 10.3 Å². The minimum atomic E-state index is -0.925. The van der Waals surface area contributed by atoms with Crippen molar-refractivity contribution < 1.29 is 14.6 Å². The minimum Gasteiger partial charge on any atom is -0.465 e. The van der Waals surface area contributed by atoms with Crippen molar-refractivity contribution in [1.29, 1.82) is 0 Å². The van der Waals surface area contributed by atoms with Crippen LogP contribution in [0.5, 0.6) is 0 Å². The lowest BCUT2D eigenvalue weighted by molar-refractivity contribution is -0.0399. The number of carbonyl (C=O) groups is 1. The predicted octanol–water partition coefficient (Wildman–Crippen LogP) is 2.94. The van der Waals surface area contributed by atoms with Crippen LogP contribution in [0.25, 0.3) is 0 Å². The highest BCUT2D eigenvalue weighted by Gasteiger charge is 2.45. The van der Waals surface area contributed by atoms with Gasteiger partial charge in [-0.1, -0.05) is 60.7 Å². The molecule has 0 aliphatic carbocycles. The second-order valence-corrected chi connectivity index (χ2v) is 5.08. The third kappa shape index (κ3) is 2.28. The fraction of sp³-hybridized carbons (Fsp3) is 0.235. The summed E-state index contributed by atoms with van der Waals surface area (Å²) in [5, 5.41) is 9.67. The smallest absolute Gasteiger partial charge is 0.408 e. The Morgan fingerprint density at radius 3 is 2.00 bits per heavy atom. The summed E-state index contributed by atoms with van der Waals surface area (Å²) in [6.45, 7) is 1.11. The van der Waals surface area contributed by atoms with Crippen LogP contribution in [0.15, 0.2) is 60.7 Å². The molecule has 1 aliphatic heterocycles. The summed E-state index contributed by atoms with van der Waals surface area (Å²) in [7, 11) is 0. The number of hydrogen-bond acceptors (Lipinski definition) is 2. The Kier molecular flexibility index (Phi) is 3.62. The molecule has 4 nitrogen and oxygen atoms in total. The number of amides is 1. The fourth-order valence-corrected chi connectivity index (χ4v) is 2.98. The van der Waals surface area contributed by atoms with Gasteiger partial charge in [-0.2, -0.15) is 0 Å². The second kappa shape index (κ2) is 5.58. The number of carboxylic acid groups (broad SMARTS) is 1. The van der Waals surface area contributed by atoms with E-state index in [-0.39, 0.29) is 0 Å². The lowest BCUT2D eigenvalue weighted by atomic mass is 9.81. The number of benzene rings is 2. The van der Waals surface area contributed by atoms with Gasteiger partial charge in [0.15, 0.2) is 0 Å². The molecule has 1 aliphatic rings. The SMILES string of the molecule is O=C(O)N1CCOCC1(c1ccccc1)c1ccccc1. The van der Waals surface area contributed by atoms with E-state index in [1.807, 2.05) is 60.7 Å². The molecule has 0 spiro atoms. The van der Waals surface area contributed by atoms with Gasteiger partial charge in [0.25, 0.3) is 0 Å². The topological polar surface area (TPSA) is 49.8 Å². The first-order valence-electron chi connectivity index (χ1n) is 6.94. The van der Waals surface area contributed by atoms with Crippen molar-refractivity contribution in [2.75, 3.05) is 19.8 Å². The van der Waals surface area contributed by atoms with E-state index in [0.29, 0.717) is 19.8 Å². The molecular weight excluding hydrogens is 266 g/mol. The second-order valence-electron chi connectivity index (χ2n) is 5.08. The number of ether oxygens (including phenoxy) is 1. The van der Waals surface area contributed by atoms with Crippen molar-refractivity contribution in [3.05, 3.63) is 71.8 Å². The highest BCUT2D eigenvalue weighted by atomic mass is 16.5. The van der Waals surface area contributed by atoms with Crippen molar-refractivity contribution in [2.24, 2.45) is 0 Å². The maximum Gasteiger partial charge on any atom is 0.408 e. The minimum absolute atomic E-state index is 0.327. The van der Waals surface area contributed by atoms with E-state index in [4.69, 9.17) is 4.74 Å². The zero-order valence-corrected chi connectivity index (χ0v) is 11.6. The van der Waals surface area contributed by atoms with Crippen molar-refractivity contribution in [3.8, 4) is 0 Å². The molecule has 0 unspecified atom stereocenters. The van der Waals surface area contributed by atoms with E-state index in [0.717, 1.165) is 11.1 Å². The standard InChI is InChI=1S/C17H17NO3/c19-16(20)18-11-12-21-13-17(18,14-7-3-1-4-8-14)15-9-5-2-6-10-15/h1-10H,11-13H2,(H,19,20). The largest absolute Gasteiger partial charge is 0.465 e. The highest BCUT2D eigenvalue weighted by molar-refractivity contribution is 5.68. The first-order chi connectivity index (χ1) is 10.2. The van der Waals surface area contributed by atoms with Gasteiger partial charge < -0.3 is 9.84 Å². The fourth-order valence-electron chi connectivity index (χ4n) is 2.98. The summed E-state index contributed by atoms with van der Waals surface area (Å²) in [5.41, 5.74) is 1.07. The summed E-state index contributed by atoms with van der Waals surface area (Å²) in [6.07, 6.45) is -0.925. The molecule has 1 fully saturated rings. The van der Waals surface area contributed by atoms with Crippen molar-refractivity contribution >= 4 is 6.09 Å². The third-order valence-electron chi connectivity index (χ3n) is 3.96. The van der Waals surface area contributed by atoms with Gasteiger partial charge in [-0.15, -0.1) is 0 Å². The van der Waals surface area contributed by atoms with Gasteiger partial charge >= 0.3 is 6.09 Å². The summed E-state index contributed by atoms with van der Waals surface area (Å²) >= 11 is 0. The van der Waals surface area contributed by atoms with Crippen LogP contribution in [-0.4, -0.2) is 35.9 Å². The van der Waals surface area contributed by atoms with E-state index in [1.54, 1.807) is 0 Å². The third-order valence-corrected chi connectivity index (χ3v) is 3.96. The molecule has 1 saturated heterocycles. The number of nitrogens with zero attached hydrogens (tertiary/aromatic N) is 1. The van der Waals surface area contributed by atoms with Crippen LogP contribution in [0.4, 0.5) is 4.79 Å². The number of morpholine rings is 1. The predicted molar refractivity (Wildman–Crippen MR) is 79.2 cm³/mol. The van der Waals surface area contributed by atoms with E-state index < -0.39 is 11.6 Å². The highest BCUT2D eigenvalue weighted by Crippen LogP contribution is 2.38. The van der Waals surface area contributed by atoms with Crippen molar-refractivity contribution in [2.45, 2.75) is 5.54 Å². The van der Waals surface area contributed by atoms with Crippen LogP contribution in [0, 0.1) is 0 Å². The van der Waals surface area contributed by atoms with Crippen molar-refractivity contribution in [1.82, 2.24) is 4.90 Å². The zero-order chi connectivity index (χ0) is 14.7. The lowest BCUT2D eigenvalue weighted by Crippen LogP contribution is -2.57. The first kappa shape index (κ1) is 13.6. The van der Waals surface area contributed by atoms with Crippen molar-refractivity contribution in [3.63, 3.8) is 0 Å². The van der Waals surface area contributed by atoms with Gasteiger partial charge in [-0.25, -0.2) is 4.79 Å². The number of hydrogen-bond donors (Lipinski definition) is 1. The summed E-state index contributed by atoms with van der Waals surface area (Å²) in [4.78, 5) is 13.3. The monoisotopic (exact) mass is 283 g/mol. The molecule has 3 rings (SSSR count). The van der Waals surface area contributed by atoms with Crippen LogP contribution < -0.4 is 0 Å². The molecule has 1 amide bonds. The number of rotatable bonds is 2. The zero-order valence-electron chi connectivity index (χ0n) is 11.6. The quantitative estimate of drug-likeness (QED) is 0.922. The molecule has 0 saturated carbocycles. The van der Waals surface area contributed by atoms with Gasteiger partial charge in [0.05, 0.1) is 13.2 Å². The molecule has 1 N–H and O–H groups in total. The lowest BCUT2D eigenvalue weighted by Gasteiger charge is -2.46. The molecule has 0 bridgehead atoms. The molecule has 4 heteroatoms. The van der Waals surface area contributed by atoms with Crippen LogP contribution in [0.1, 0.15) is 11.1 Å². The molecule has 0 aromatic heterocycles. The molecule has 21 heavy (non-hydrogen) atoms. The Hall–Kier alpha value is -2.33. The molecule has 2 aromatic carbocycles. The van der Waals surface area contributed by atoms with Gasteiger partial charge in [0, 0.05) is 6.54 Å². The maximum atomic E-state index is 11.8. The van der Waals surface area contributed by atoms with Gasteiger partial charge in [0.2, 0.25) is 0 Å². The first-order valence-corrected chi connectivity index (χ1v) is 6.94. The summed E-state index contributed by atoms with van der Waals surface area (Å²) < 4.78 is 5.67. The Bertz CT molecular complexity index is 573. The van der Waals surface area contributed by atoms with Crippen LogP contribution in [0.3, 0.4) is 0 Å². The molecule has 1 heterocycles. The van der Waals surface area contributed by atoms with Gasteiger partial charge in [0.1, 0.15) is 5.54 Å². The summed E-state index contributed by atoms with van der Waals surface area (Å²) in [6, 6.07) is 19.4. The van der Waals surface area contributed by atoms with E-state index in [9.17, 15) is 9.90 Å². The van der Waals surface area contributed by atoms with E-state index >= 15 is 0 Å². The Balaban J connectivity index is 2.21.